The van der Waals surface area contributed by atoms with Crippen LogP contribution in [0.3, 0.4) is 0 Å². The highest BCUT2D eigenvalue weighted by atomic mass is 32.2. The highest BCUT2D eigenvalue weighted by Crippen LogP contribution is 2.33. The molecular formula is C16H20N2O3S. The Morgan fingerprint density at radius 1 is 1.45 bits per heavy atom. The zero-order valence-corrected chi connectivity index (χ0v) is 13.4. The lowest BCUT2D eigenvalue weighted by Gasteiger charge is -2.22. The molecule has 1 heterocycles. The molecule has 0 bridgehead atoms. The van der Waals surface area contributed by atoms with Gasteiger partial charge in [-0.15, -0.1) is 11.8 Å². The Hall–Kier alpha value is -1.53. The highest BCUT2D eigenvalue weighted by molar-refractivity contribution is 7.99. The quantitative estimate of drug-likeness (QED) is 0.905. The van der Waals surface area contributed by atoms with Gasteiger partial charge in [-0.05, 0) is 31.0 Å². The van der Waals surface area contributed by atoms with Crippen molar-refractivity contribution in [1.29, 1.82) is 0 Å². The molecule has 3 rings (SSSR count). The molecule has 0 aromatic heterocycles. The Labute approximate surface area is 134 Å². The smallest absolute Gasteiger partial charge is 0.254 e. The van der Waals surface area contributed by atoms with Crippen molar-refractivity contribution < 1.29 is 14.3 Å². The van der Waals surface area contributed by atoms with Crippen LogP contribution in [-0.4, -0.2) is 48.8 Å². The number of benzene rings is 1. The van der Waals surface area contributed by atoms with Crippen molar-refractivity contribution in [3.63, 3.8) is 0 Å². The van der Waals surface area contributed by atoms with Gasteiger partial charge in [-0.3, -0.25) is 9.59 Å². The normalized spacial score (nSPS) is 17.4. The fourth-order valence-corrected chi connectivity index (χ4v) is 3.48. The Balaban J connectivity index is 1.81. The maximum Gasteiger partial charge on any atom is 0.254 e. The van der Waals surface area contributed by atoms with Crippen molar-refractivity contribution in [3.8, 4) is 0 Å². The number of fused-ring (bicyclic) bond motifs is 1. The summed E-state index contributed by atoms with van der Waals surface area (Å²) in [5.41, 5.74) is 1.38. The Bertz CT molecular complexity index is 587. The first-order valence-corrected chi connectivity index (χ1v) is 8.54. The molecular weight excluding hydrogens is 300 g/mol. The van der Waals surface area contributed by atoms with E-state index in [2.05, 4.69) is 5.32 Å². The second kappa shape index (κ2) is 6.71. The number of carbonyl (C=O) groups is 2. The molecule has 1 fully saturated rings. The maximum absolute atomic E-state index is 12.7. The van der Waals surface area contributed by atoms with Gasteiger partial charge >= 0.3 is 0 Å². The van der Waals surface area contributed by atoms with Gasteiger partial charge in [0.1, 0.15) is 0 Å². The van der Waals surface area contributed by atoms with Crippen LogP contribution in [-0.2, 0) is 9.53 Å². The topological polar surface area (TPSA) is 58.6 Å². The fraction of sp³-hybridized carbons (Fsp3) is 0.500. The van der Waals surface area contributed by atoms with Gasteiger partial charge < -0.3 is 15.0 Å². The number of hydrogen-bond acceptors (Lipinski definition) is 4. The molecule has 1 saturated carbocycles. The molecule has 1 aromatic carbocycles. The molecule has 5 nitrogen and oxygen atoms in total. The number of ether oxygens (including phenoxy) is 1. The van der Waals surface area contributed by atoms with Gasteiger partial charge in [-0.1, -0.05) is 0 Å². The van der Waals surface area contributed by atoms with Crippen LogP contribution in [0.5, 0.6) is 0 Å². The Morgan fingerprint density at radius 3 is 3.00 bits per heavy atom. The minimum Gasteiger partial charge on any atom is -0.383 e. The Kier molecular flexibility index (Phi) is 4.69. The van der Waals surface area contributed by atoms with E-state index in [0.29, 0.717) is 31.2 Å². The number of hydrogen-bond donors (Lipinski definition) is 1. The fourth-order valence-electron chi connectivity index (χ4n) is 2.54. The number of rotatable bonds is 5. The van der Waals surface area contributed by atoms with E-state index in [0.717, 1.165) is 29.2 Å². The molecule has 1 aromatic rings. The molecule has 2 amide bonds. The van der Waals surface area contributed by atoms with Crippen LogP contribution >= 0.6 is 11.8 Å². The molecule has 0 radical (unpaired) electrons. The first-order valence-electron chi connectivity index (χ1n) is 7.55. The van der Waals surface area contributed by atoms with E-state index in [-0.39, 0.29) is 11.8 Å². The largest absolute Gasteiger partial charge is 0.383 e. The number of nitrogens with one attached hydrogen (secondary N) is 1. The molecule has 0 saturated heterocycles. The Morgan fingerprint density at radius 2 is 2.27 bits per heavy atom. The molecule has 0 spiro atoms. The summed E-state index contributed by atoms with van der Waals surface area (Å²) >= 11 is 1.65. The molecule has 22 heavy (non-hydrogen) atoms. The van der Waals surface area contributed by atoms with E-state index in [4.69, 9.17) is 4.74 Å². The average molecular weight is 320 g/mol. The van der Waals surface area contributed by atoms with Crippen molar-refractivity contribution in [2.24, 2.45) is 0 Å². The minimum absolute atomic E-state index is 0.00859. The second-order valence-corrected chi connectivity index (χ2v) is 6.72. The van der Waals surface area contributed by atoms with Gasteiger partial charge in [0.15, 0.2) is 0 Å². The van der Waals surface area contributed by atoms with Gasteiger partial charge in [0.05, 0.1) is 12.3 Å². The molecule has 118 valence electrons. The summed E-state index contributed by atoms with van der Waals surface area (Å²) in [6.45, 7) is 1.15. The summed E-state index contributed by atoms with van der Waals surface area (Å²) in [5, 5.41) is 2.89. The van der Waals surface area contributed by atoms with Crippen LogP contribution in [0.1, 0.15) is 29.6 Å². The molecule has 1 aliphatic heterocycles. The van der Waals surface area contributed by atoms with Crippen LogP contribution in [0.15, 0.2) is 23.1 Å². The summed E-state index contributed by atoms with van der Waals surface area (Å²) in [7, 11) is 1.64. The van der Waals surface area contributed by atoms with Gasteiger partial charge in [0.25, 0.3) is 5.91 Å². The standard InChI is InChI=1S/C16H20N2O3S/c1-21-8-7-18(12-3-4-12)16(20)11-2-5-14-13(10-11)17-15(19)6-9-22-14/h2,5,10,12H,3-4,6-9H2,1H3,(H,17,19). The molecule has 6 heteroatoms. The van der Waals surface area contributed by atoms with Crippen LogP contribution in [0, 0.1) is 0 Å². The molecule has 1 aliphatic carbocycles. The van der Waals surface area contributed by atoms with Crippen LogP contribution in [0.4, 0.5) is 5.69 Å². The SMILES string of the molecule is COCCN(C(=O)c1ccc2c(c1)NC(=O)CCS2)C1CC1. The first kappa shape index (κ1) is 15.4. The van der Waals surface area contributed by atoms with E-state index < -0.39 is 0 Å². The van der Waals surface area contributed by atoms with Gasteiger partial charge in [-0.2, -0.15) is 0 Å². The second-order valence-electron chi connectivity index (χ2n) is 5.58. The third kappa shape index (κ3) is 3.44. The van der Waals surface area contributed by atoms with Crippen LogP contribution in [0.25, 0.3) is 0 Å². The molecule has 0 unspecified atom stereocenters. The molecule has 0 atom stereocenters. The number of methoxy groups -OCH3 is 1. The predicted molar refractivity (Wildman–Crippen MR) is 86.3 cm³/mol. The summed E-state index contributed by atoms with van der Waals surface area (Å²) in [4.78, 5) is 27.3. The van der Waals surface area contributed by atoms with Crippen molar-refractivity contribution in [2.45, 2.75) is 30.2 Å². The number of anilines is 1. The summed E-state index contributed by atoms with van der Waals surface area (Å²) in [6.07, 6.45) is 2.63. The van der Waals surface area contributed by atoms with Crippen molar-refractivity contribution in [1.82, 2.24) is 4.90 Å². The third-order valence-corrected chi connectivity index (χ3v) is 4.95. The number of nitrogens with zero attached hydrogens (tertiary/aromatic N) is 1. The lowest BCUT2D eigenvalue weighted by molar-refractivity contribution is -0.115. The van der Waals surface area contributed by atoms with Crippen molar-refractivity contribution in [2.75, 3.05) is 31.3 Å². The van der Waals surface area contributed by atoms with E-state index in [1.54, 1.807) is 24.9 Å². The number of amides is 2. The van der Waals surface area contributed by atoms with Crippen LogP contribution < -0.4 is 5.32 Å². The van der Waals surface area contributed by atoms with Gasteiger partial charge in [-0.25, -0.2) is 0 Å². The van der Waals surface area contributed by atoms with E-state index >= 15 is 0 Å². The van der Waals surface area contributed by atoms with E-state index in [9.17, 15) is 9.59 Å². The average Bonchev–Trinajstić information content (AvgIpc) is 3.33. The van der Waals surface area contributed by atoms with Gasteiger partial charge in [0, 0.05) is 42.3 Å². The lowest BCUT2D eigenvalue weighted by Crippen LogP contribution is -2.35. The maximum atomic E-state index is 12.7. The van der Waals surface area contributed by atoms with E-state index in [1.807, 2.05) is 17.0 Å². The highest BCUT2D eigenvalue weighted by Gasteiger charge is 2.33. The molecule has 2 aliphatic rings. The monoisotopic (exact) mass is 320 g/mol. The number of carbonyl (C=O) groups excluding carboxylic acids is 2. The van der Waals surface area contributed by atoms with E-state index in [1.165, 1.54) is 0 Å². The molecule has 1 N–H and O–H groups in total. The summed E-state index contributed by atoms with van der Waals surface area (Å²) < 4.78 is 5.10. The predicted octanol–water partition coefficient (Wildman–Crippen LogP) is 2.37. The minimum atomic E-state index is 0.00859. The summed E-state index contributed by atoms with van der Waals surface area (Å²) in [5.74, 6) is 0.800. The first-order chi connectivity index (χ1) is 10.7. The van der Waals surface area contributed by atoms with Crippen molar-refractivity contribution >= 4 is 29.3 Å². The third-order valence-electron chi connectivity index (χ3n) is 3.87. The zero-order chi connectivity index (χ0) is 15.5. The van der Waals surface area contributed by atoms with Crippen molar-refractivity contribution in [3.05, 3.63) is 23.8 Å². The van der Waals surface area contributed by atoms with Crippen LogP contribution in [0.2, 0.25) is 0 Å². The zero-order valence-electron chi connectivity index (χ0n) is 12.6. The van der Waals surface area contributed by atoms with Gasteiger partial charge in [0.2, 0.25) is 5.91 Å². The number of thioether (sulfide) groups is 1. The summed E-state index contributed by atoms with van der Waals surface area (Å²) in [6, 6.07) is 5.93. The lowest BCUT2D eigenvalue weighted by atomic mass is 10.1.